The first kappa shape index (κ1) is 12.5. The van der Waals surface area contributed by atoms with Gasteiger partial charge in [-0.3, -0.25) is 0 Å². The number of hydrogen-bond acceptors (Lipinski definition) is 4. The van der Waals surface area contributed by atoms with E-state index in [4.69, 9.17) is 9.15 Å². The third-order valence-corrected chi connectivity index (χ3v) is 2.87. The predicted octanol–water partition coefficient (Wildman–Crippen LogP) is 3.52. The third kappa shape index (κ3) is 2.32. The summed E-state index contributed by atoms with van der Waals surface area (Å²) in [5.74, 6) is 1.31. The molecule has 0 saturated heterocycles. The molecule has 1 N–H and O–H groups in total. The number of hydrogen-bond donors (Lipinski definition) is 1. The Morgan fingerprint density at radius 2 is 2.11 bits per heavy atom. The van der Waals surface area contributed by atoms with Crippen molar-refractivity contribution in [2.75, 3.05) is 19.5 Å². The Labute approximate surface area is 107 Å². The molecule has 4 nitrogen and oxygen atoms in total. The van der Waals surface area contributed by atoms with Crippen molar-refractivity contribution < 1.29 is 9.15 Å². The Balaban J connectivity index is 2.42. The summed E-state index contributed by atoms with van der Waals surface area (Å²) in [5, 5.41) is 2.87. The Morgan fingerprint density at radius 3 is 2.67 bits per heavy atom. The van der Waals surface area contributed by atoms with E-state index in [1.807, 2.05) is 12.1 Å². The zero-order valence-corrected chi connectivity index (χ0v) is 11.2. The summed E-state index contributed by atoms with van der Waals surface area (Å²) >= 11 is 0. The van der Waals surface area contributed by atoms with Gasteiger partial charge in [-0.25, -0.2) is 0 Å². The standard InChI is InChI=1S/C14H18N2O2/c1-9(2)11-7-10(5-6-13(11)17-4)12-8-18-14(15-3)16-12/h5-9H,1-4H3,(H,15,16). The highest BCUT2D eigenvalue weighted by Crippen LogP contribution is 2.31. The largest absolute Gasteiger partial charge is 0.496 e. The van der Waals surface area contributed by atoms with Gasteiger partial charge in [0.25, 0.3) is 6.01 Å². The molecule has 2 aromatic rings. The van der Waals surface area contributed by atoms with E-state index in [2.05, 4.69) is 30.2 Å². The van der Waals surface area contributed by atoms with Crippen LogP contribution in [-0.2, 0) is 0 Å². The lowest BCUT2D eigenvalue weighted by atomic mass is 9.98. The molecule has 4 heteroatoms. The summed E-state index contributed by atoms with van der Waals surface area (Å²) in [7, 11) is 3.47. The lowest BCUT2D eigenvalue weighted by molar-refractivity contribution is 0.407. The molecule has 0 amide bonds. The minimum absolute atomic E-state index is 0.399. The SMILES string of the molecule is CNc1nc(-c2ccc(OC)c(C(C)C)c2)co1. The number of benzene rings is 1. The highest BCUT2D eigenvalue weighted by Gasteiger charge is 2.11. The molecular formula is C14H18N2O2. The van der Waals surface area contributed by atoms with E-state index in [0.29, 0.717) is 11.9 Å². The molecular weight excluding hydrogens is 228 g/mol. The monoisotopic (exact) mass is 246 g/mol. The lowest BCUT2D eigenvalue weighted by Gasteiger charge is -2.12. The number of anilines is 1. The Morgan fingerprint density at radius 1 is 1.33 bits per heavy atom. The van der Waals surface area contributed by atoms with Crippen molar-refractivity contribution in [2.45, 2.75) is 19.8 Å². The molecule has 2 rings (SSSR count). The Bertz CT molecular complexity index is 532. The molecule has 0 fully saturated rings. The molecule has 0 spiro atoms. The summed E-state index contributed by atoms with van der Waals surface area (Å²) in [4.78, 5) is 4.34. The lowest BCUT2D eigenvalue weighted by Crippen LogP contribution is -1.95. The molecule has 1 heterocycles. The van der Waals surface area contributed by atoms with E-state index in [1.165, 1.54) is 5.56 Å². The molecule has 0 aliphatic carbocycles. The molecule has 18 heavy (non-hydrogen) atoms. The molecule has 0 aliphatic heterocycles. The second kappa shape index (κ2) is 5.12. The highest BCUT2D eigenvalue weighted by molar-refractivity contribution is 5.62. The van der Waals surface area contributed by atoms with Crippen molar-refractivity contribution in [3.05, 3.63) is 30.0 Å². The molecule has 1 aromatic carbocycles. The second-order valence-electron chi connectivity index (χ2n) is 4.40. The number of rotatable bonds is 4. The van der Waals surface area contributed by atoms with E-state index in [9.17, 15) is 0 Å². The van der Waals surface area contributed by atoms with Crippen molar-refractivity contribution in [1.82, 2.24) is 4.98 Å². The maximum Gasteiger partial charge on any atom is 0.294 e. The number of aromatic nitrogens is 1. The molecule has 96 valence electrons. The average molecular weight is 246 g/mol. The summed E-state index contributed by atoms with van der Waals surface area (Å²) in [6.07, 6.45) is 1.65. The molecule has 0 bridgehead atoms. The van der Waals surface area contributed by atoms with Crippen LogP contribution in [0.4, 0.5) is 6.01 Å². The zero-order valence-electron chi connectivity index (χ0n) is 11.2. The molecule has 1 aromatic heterocycles. The highest BCUT2D eigenvalue weighted by atomic mass is 16.5. The smallest absolute Gasteiger partial charge is 0.294 e. The van der Waals surface area contributed by atoms with Crippen LogP contribution in [0.2, 0.25) is 0 Å². The maximum atomic E-state index is 5.37. The number of oxazole rings is 1. The van der Waals surface area contributed by atoms with Gasteiger partial charge in [0.15, 0.2) is 0 Å². The van der Waals surface area contributed by atoms with Gasteiger partial charge >= 0.3 is 0 Å². The van der Waals surface area contributed by atoms with Crippen LogP contribution in [0.5, 0.6) is 5.75 Å². The number of nitrogens with one attached hydrogen (secondary N) is 1. The van der Waals surface area contributed by atoms with Crippen LogP contribution >= 0.6 is 0 Å². The van der Waals surface area contributed by atoms with Gasteiger partial charge in [0.1, 0.15) is 17.7 Å². The van der Waals surface area contributed by atoms with Crippen LogP contribution < -0.4 is 10.1 Å². The predicted molar refractivity (Wildman–Crippen MR) is 72.1 cm³/mol. The van der Waals surface area contributed by atoms with Gasteiger partial charge in [-0.15, -0.1) is 0 Å². The second-order valence-corrected chi connectivity index (χ2v) is 4.40. The van der Waals surface area contributed by atoms with Crippen molar-refractivity contribution in [2.24, 2.45) is 0 Å². The van der Waals surface area contributed by atoms with Gasteiger partial charge in [-0.05, 0) is 29.7 Å². The molecule has 0 unspecified atom stereocenters. The van der Waals surface area contributed by atoms with Gasteiger partial charge in [-0.2, -0.15) is 4.98 Å². The van der Waals surface area contributed by atoms with E-state index in [-0.39, 0.29) is 0 Å². The van der Waals surface area contributed by atoms with Crippen LogP contribution in [0.3, 0.4) is 0 Å². The van der Waals surface area contributed by atoms with Crippen LogP contribution in [0.1, 0.15) is 25.3 Å². The van der Waals surface area contributed by atoms with Crippen LogP contribution in [-0.4, -0.2) is 19.1 Å². The van der Waals surface area contributed by atoms with Gasteiger partial charge in [-0.1, -0.05) is 13.8 Å². The Kier molecular flexibility index (Phi) is 3.55. The molecule has 0 aliphatic rings. The first-order valence-corrected chi connectivity index (χ1v) is 5.97. The van der Waals surface area contributed by atoms with Crippen LogP contribution in [0, 0.1) is 0 Å². The van der Waals surface area contributed by atoms with Crippen molar-refractivity contribution in [1.29, 1.82) is 0 Å². The maximum absolute atomic E-state index is 5.37. The topological polar surface area (TPSA) is 47.3 Å². The van der Waals surface area contributed by atoms with E-state index in [0.717, 1.165) is 17.0 Å². The Hall–Kier alpha value is -1.97. The number of ether oxygens (including phenoxy) is 1. The minimum Gasteiger partial charge on any atom is -0.496 e. The fourth-order valence-electron chi connectivity index (χ4n) is 1.87. The van der Waals surface area contributed by atoms with Gasteiger partial charge in [0.2, 0.25) is 0 Å². The van der Waals surface area contributed by atoms with E-state index >= 15 is 0 Å². The van der Waals surface area contributed by atoms with Gasteiger partial charge in [0, 0.05) is 12.6 Å². The minimum atomic E-state index is 0.399. The van der Waals surface area contributed by atoms with E-state index in [1.54, 1.807) is 20.4 Å². The van der Waals surface area contributed by atoms with Gasteiger partial charge in [0.05, 0.1) is 7.11 Å². The van der Waals surface area contributed by atoms with Crippen LogP contribution in [0.25, 0.3) is 11.3 Å². The summed E-state index contributed by atoms with van der Waals surface area (Å²) in [6.45, 7) is 4.28. The number of nitrogens with zero attached hydrogens (tertiary/aromatic N) is 1. The quantitative estimate of drug-likeness (QED) is 0.896. The first-order chi connectivity index (χ1) is 8.65. The molecule has 0 saturated carbocycles. The summed E-state index contributed by atoms with van der Waals surface area (Å²) in [5.41, 5.74) is 3.03. The first-order valence-electron chi connectivity index (χ1n) is 5.97. The van der Waals surface area contributed by atoms with Crippen molar-refractivity contribution >= 4 is 6.01 Å². The van der Waals surface area contributed by atoms with Gasteiger partial charge < -0.3 is 14.5 Å². The van der Waals surface area contributed by atoms with Crippen molar-refractivity contribution in [3.8, 4) is 17.0 Å². The fraction of sp³-hybridized carbons (Fsp3) is 0.357. The fourth-order valence-corrected chi connectivity index (χ4v) is 1.87. The van der Waals surface area contributed by atoms with Crippen LogP contribution in [0.15, 0.2) is 28.9 Å². The normalized spacial score (nSPS) is 10.7. The molecule has 0 atom stereocenters. The van der Waals surface area contributed by atoms with Crippen molar-refractivity contribution in [3.63, 3.8) is 0 Å². The number of methoxy groups -OCH3 is 1. The summed E-state index contributed by atoms with van der Waals surface area (Å²) in [6, 6.07) is 6.58. The molecule has 0 radical (unpaired) electrons. The average Bonchev–Trinajstić information content (AvgIpc) is 2.86. The summed E-state index contributed by atoms with van der Waals surface area (Å²) < 4.78 is 10.6. The van der Waals surface area contributed by atoms with E-state index < -0.39 is 0 Å². The third-order valence-electron chi connectivity index (χ3n) is 2.87. The zero-order chi connectivity index (χ0) is 13.1.